The van der Waals surface area contributed by atoms with Crippen LogP contribution in [0.15, 0.2) is 0 Å². The van der Waals surface area contributed by atoms with Crippen LogP contribution in [0.1, 0.15) is 53.4 Å². The molecule has 1 rings (SSSR count). The minimum Gasteiger partial charge on any atom is -0.462 e. The largest absolute Gasteiger partial charge is 0.462 e. The first-order valence-electron chi connectivity index (χ1n) is 6.77. The fourth-order valence-electron chi connectivity index (χ4n) is 2.71. The molecule has 100 valence electrons. The summed E-state index contributed by atoms with van der Waals surface area (Å²) in [4.78, 5) is 11.6. The Labute approximate surface area is 105 Å². The van der Waals surface area contributed by atoms with Crippen LogP contribution in [0.5, 0.6) is 0 Å². The number of carbonyl (C=O) groups excluding carboxylic acids is 1. The van der Waals surface area contributed by atoms with Gasteiger partial charge in [-0.2, -0.15) is 0 Å². The minimum atomic E-state index is -0.610. The second kappa shape index (κ2) is 6.39. The van der Waals surface area contributed by atoms with E-state index in [2.05, 4.69) is 20.8 Å². The lowest BCUT2D eigenvalue weighted by molar-refractivity contribution is -0.157. The molecule has 3 heteroatoms. The third-order valence-corrected chi connectivity index (χ3v) is 3.71. The number of aliphatic hydroxyl groups excluding tert-OH is 1. The average molecular weight is 242 g/mol. The van der Waals surface area contributed by atoms with Crippen LogP contribution in [0.3, 0.4) is 0 Å². The first-order valence-corrected chi connectivity index (χ1v) is 6.77. The van der Waals surface area contributed by atoms with Crippen LogP contribution in [0.4, 0.5) is 0 Å². The van der Waals surface area contributed by atoms with E-state index in [9.17, 15) is 9.90 Å². The van der Waals surface area contributed by atoms with Crippen LogP contribution in [0, 0.1) is 17.8 Å². The fraction of sp³-hybridized carbons (Fsp3) is 0.929. The molecule has 0 saturated heterocycles. The molecule has 0 spiro atoms. The van der Waals surface area contributed by atoms with Crippen molar-refractivity contribution in [1.82, 2.24) is 0 Å². The standard InChI is InChI=1S/C14H26O3/c1-9(2)12-6-5-10(3)7-13(12)17-14(16)8-11(4)15/h9-13,15H,5-8H2,1-4H3/t10-,11-,12+,13-/m1/s1. The van der Waals surface area contributed by atoms with Gasteiger partial charge in [0.2, 0.25) is 0 Å². The van der Waals surface area contributed by atoms with Crippen LogP contribution in [0.2, 0.25) is 0 Å². The van der Waals surface area contributed by atoms with Gasteiger partial charge in [0.05, 0.1) is 12.5 Å². The van der Waals surface area contributed by atoms with Gasteiger partial charge in [-0.1, -0.05) is 27.2 Å². The van der Waals surface area contributed by atoms with Crippen molar-refractivity contribution in [2.45, 2.75) is 65.6 Å². The highest BCUT2D eigenvalue weighted by atomic mass is 16.5. The van der Waals surface area contributed by atoms with Crippen molar-refractivity contribution in [3.05, 3.63) is 0 Å². The Morgan fingerprint density at radius 3 is 2.53 bits per heavy atom. The first kappa shape index (κ1) is 14.5. The topological polar surface area (TPSA) is 46.5 Å². The van der Waals surface area contributed by atoms with Gasteiger partial charge in [0.15, 0.2) is 0 Å². The number of carbonyl (C=O) groups is 1. The Bertz CT molecular complexity index is 248. The molecule has 0 aliphatic heterocycles. The summed E-state index contributed by atoms with van der Waals surface area (Å²) in [6, 6.07) is 0. The van der Waals surface area contributed by atoms with Crippen LogP contribution >= 0.6 is 0 Å². The Balaban J connectivity index is 2.54. The van der Waals surface area contributed by atoms with E-state index >= 15 is 0 Å². The summed E-state index contributed by atoms with van der Waals surface area (Å²) in [5.41, 5.74) is 0. The zero-order valence-electron chi connectivity index (χ0n) is 11.5. The van der Waals surface area contributed by atoms with Gasteiger partial charge in [-0.25, -0.2) is 0 Å². The average Bonchev–Trinajstić information content (AvgIpc) is 2.15. The first-order chi connectivity index (χ1) is 7.90. The molecule has 3 nitrogen and oxygen atoms in total. The smallest absolute Gasteiger partial charge is 0.308 e. The van der Waals surface area contributed by atoms with Gasteiger partial charge in [-0.3, -0.25) is 4.79 Å². The Morgan fingerprint density at radius 2 is 2.00 bits per heavy atom. The molecule has 4 atom stereocenters. The molecule has 0 aromatic heterocycles. The van der Waals surface area contributed by atoms with E-state index in [0.717, 1.165) is 12.8 Å². The van der Waals surface area contributed by atoms with Crippen molar-refractivity contribution in [2.24, 2.45) is 17.8 Å². The second-order valence-corrected chi connectivity index (χ2v) is 5.91. The van der Waals surface area contributed by atoms with Crippen molar-refractivity contribution < 1.29 is 14.6 Å². The number of rotatable bonds is 4. The van der Waals surface area contributed by atoms with Gasteiger partial charge in [-0.05, 0) is 37.5 Å². The Kier molecular flexibility index (Phi) is 5.44. The highest BCUT2D eigenvalue weighted by molar-refractivity contribution is 5.70. The molecule has 0 aromatic rings. The summed E-state index contributed by atoms with van der Waals surface area (Å²) in [7, 11) is 0. The van der Waals surface area contributed by atoms with Gasteiger partial charge >= 0.3 is 5.97 Å². The molecular formula is C14H26O3. The molecule has 1 saturated carbocycles. The monoisotopic (exact) mass is 242 g/mol. The summed E-state index contributed by atoms with van der Waals surface area (Å²) in [5.74, 6) is 1.40. The summed E-state index contributed by atoms with van der Waals surface area (Å²) in [6.45, 7) is 8.21. The van der Waals surface area contributed by atoms with Crippen LogP contribution in [-0.2, 0) is 9.53 Å². The molecule has 1 fully saturated rings. The molecule has 0 heterocycles. The van der Waals surface area contributed by atoms with E-state index in [0.29, 0.717) is 17.8 Å². The highest BCUT2D eigenvalue weighted by Crippen LogP contribution is 2.35. The second-order valence-electron chi connectivity index (χ2n) is 5.91. The van der Waals surface area contributed by atoms with Crippen molar-refractivity contribution in [2.75, 3.05) is 0 Å². The summed E-state index contributed by atoms with van der Waals surface area (Å²) >= 11 is 0. The van der Waals surface area contributed by atoms with Gasteiger partial charge < -0.3 is 9.84 Å². The molecule has 0 aromatic carbocycles. The zero-order chi connectivity index (χ0) is 13.0. The van der Waals surface area contributed by atoms with E-state index in [1.807, 2.05) is 0 Å². The maximum atomic E-state index is 11.6. The van der Waals surface area contributed by atoms with E-state index in [1.54, 1.807) is 6.92 Å². The molecular weight excluding hydrogens is 216 g/mol. The van der Waals surface area contributed by atoms with E-state index < -0.39 is 6.10 Å². The molecule has 0 amide bonds. The van der Waals surface area contributed by atoms with Crippen molar-refractivity contribution in [3.8, 4) is 0 Å². The number of aliphatic hydroxyl groups is 1. The van der Waals surface area contributed by atoms with Gasteiger partial charge in [0.25, 0.3) is 0 Å². The SMILES string of the molecule is CC(C)[C@@H]1CC[C@@H](C)C[C@H]1OC(=O)C[C@@H](C)O. The molecule has 0 radical (unpaired) electrons. The van der Waals surface area contributed by atoms with Crippen LogP contribution in [-0.4, -0.2) is 23.3 Å². The number of esters is 1. The van der Waals surface area contributed by atoms with Gasteiger partial charge in [0.1, 0.15) is 6.10 Å². The molecule has 1 aliphatic rings. The Morgan fingerprint density at radius 1 is 1.35 bits per heavy atom. The van der Waals surface area contributed by atoms with Crippen LogP contribution in [0.25, 0.3) is 0 Å². The van der Waals surface area contributed by atoms with Crippen LogP contribution < -0.4 is 0 Å². The summed E-state index contributed by atoms with van der Waals surface area (Å²) in [5, 5.41) is 9.18. The quantitative estimate of drug-likeness (QED) is 0.771. The van der Waals surface area contributed by atoms with Crippen molar-refractivity contribution in [1.29, 1.82) is 0 Å². The molecule has 1 aliphatic carbocycles. The maximum absolute atomic E-state index is 11.6. The number of hydrogen-bond donors (Lipinski definition) is 1. The predicted octanol–water partition coefficient (Wildman–Crippen LogP) is 2.76. The van der Waals surface area contributed by atoms with Gasteiger partial charge in [0, 0.05) is 0 Å². The van der Waals surface area contributed by atoms with E-state index in [1.165, 1.54) is 6.42 Å². The maximum Gasteiger partial charge on any atom is 0.308 e. The summed E-state index contributed by atoms with van der Waals surface area (Å²) < 4.78 is 5.55. The predicted molar refractivity (Wildman–Crippen MR) is 67.5 cm³/mol. The van der Waals surface area contributed by atoms with Crippen molar-refractivity contribution >= 4 is 5.97 Å². The minimum absolute atomic E-state index is 0.0463. The lowest BCUT2D eigenvalue weighted by Gasteiger charge is -2.36. The number of hydrogen-bond acceptors (Lipinski definition) is 3. The Hall–Kier alpha value is -0.570. The molecule has 1 N–H and O–H groups in total. The molecule has 0 unspecified atom stereocenters. The third-order valence-electron chi connectivity index (χ3n) is 3.71. The lowest BCUT2D eigenvalue weighted by Crippen LogP contribution is -2.36. The van der Waals surface area contributed by atoms with E-state index in [-0.39, 0.29) is 18.5 Å². The molecule has 17 heavy (non-hydrogen) atoms. The lowest BCUT2D eigenvalue weighted by atomic mass is 9.75. The fourth-order valence-corrected chi connectivity index (χ4v) is 2.71. The molecule has 0 bridgehead atoms. The highest BCUT2D eigenvalue weighted by Gasteiger charge is 2.33. The van der Waals surface area contributed by atoms with E-state index in [4.69, 9.17) is 4.74 Å². The van der Waals surface area contributed by atoms with Crippen molar-refractivity contribution in [3.63, 3.8) is 0 Å². The third kappa shape index (κ3) is 4.66. The number of ether oxygens (including phenoxy) is 1. The summed E-state index contributed by atoms with van der Waals surface area (Å²) in [6.07, 6.45) is 2.88. The normalized spacial score (nSPS) is 31.3. The zero-order valence-corrected chi connectivity index (χ0v) is 11.5. The van der Waals surface area contributed by atoms with Gasteiger partial charge in [-0.15, -0.1) is 0 Å².